The zero-order valence-corrected chi connectivity index (χ0v) is 19.7. The molecule has 0 aromatic carbocycles. The molecule has 0 atom stereocenters. The lowest BCUT2D eigenvalue weighted by molar-refractivity contribution is 0.0514. The van der Waals surface area contributed by atoms with Gasteiger partial charge in [-0.1, -0.05) is 110 Å². The van der Waals surface area contributed by atoms with Gasteiger partial charge in [0.05, 0.1) is 6.61 Å². The number of rotatable bonds is 20. The van der Waals surface area contributed by atoms with Gasteiger partial charge in [-0.15, -0.1) is 0 Å². The fraction of sp³-hybridized carbons (Fsp3) is 0.808. The second-order valence-corrected chi connectivity index (χ2v) is 8.64. The Bertz CT molecular complexity index is 541. The van der Waals surface area contributed by atoms with Gasteiger partial charge < -0.3 is 9.72 Å². The van der Waals surface area contributed by atoms with Crippen molar-refractivity contribution in [2.75, 3.05) is 6.61 Å². The molecular formula is C26H46FNO2. The number of esters is 1. The largest absolute Gasteiger partial charge is 0.461 e. The maximum Gasteiger partial charge on any atom is 0.357 e. The van der Waals surface area contributed by atoms with Crippen molar-refractivity contribution in [1.82, 2.24) is 4.98 Å². The molecule has 0 amide bonds. The normalized spacial score (nSPS) is 11.2. The van der Waals surface area contributed by atoms with Crippen molar-refractivity contribution >= 4 is 5.97 Å². The van der Waals surface area contributed by atoms with Crippen molar-refractivity contribution in [2.24, 2.45) is 0 Å². The first-order chi connectivity index (χ1) is 14.7. The Labute approximate surface area is 184 Å². The second kappa shape index (κ2) is 18.4. The molecule has 0 bridgehead atoms. The second-order valence-electron chi connectivity index (χ2n) is 8.64. The van der Waals surface area contributed by atoms with Crippen molar-refractivity contribution in [2.45, 2.75) is 129 Å². The minimum absolute atomic E-state index is 0.0428. The molecule has 174 valence electrons. The predicted molar refractivity (Wildman–Crippen MR) is 125 cm³/mol. The summed E-state index contributed by atoms with van der Waals surface area (Å²) in [6.07, 6.45) is 23.7. The highest BCUT2D eigenvalue weighted by Crippen LogP contribution is 2.16. The lowest BCUT2D eigenvalue weighted by Crippen LogP contribution is -2.07. The van der Waals surface area contributed by atoms with Crippen LogP contribution in [-0.4, -0.2) is 17.6 Å². The van der Waals surface area contributed by atoms with Crippen LogP contribution in [0.4, 0.5) is 4.39 Å². The van der Waals surface area contributed by atoms with Gasteiger partial charge in [-0.05, 0) is 25.8 Å². The van der Waals surface area contributed by atoms with Gasteiger partial charge in [0, 0.05) is 5.69 Å². The third-order valence-corrected chi connectivity index (χ3v) is 5.85. The van der Waals surface area contributed by atoms with Crippen LogP contribution in [0.25, 0.3) is 0 Å². The first kappa shape index (κ1) is 26.7. The van der Waals surface area contributed by atoms with Gasteiger partial charge in [-0.25, -0.2) is 9.18 Å². The smallest absolute Gasteiger partial charge is 0.357 e. The van der Waals surface area contributed by atoms with Crippen molar-refractivity contribution in [3.63, 3.8) is 0 Å². The molecule has 0 saturated heterocycles. The van der Waals surface area contributed by atoms with Gasteiger partial charge in [-0.3, -0.25) is 0 Å². The number of aromatic nitrogens is 1. The maximum absolute atomic E-state index is 13.8. The average molecular weight is 424 g/mol. The number of hydrogen-bond acceptors (Lipinski definition) is 2. The Morgan fingerprint density at radius 3 is 1.63 bits per heavy atom. The van der Waals surface area contributed by atoms with Crippen molar-refractivity contribution < 1.29 is 13.9 Å². The van der Waals surface area contributed by atoms with E-state index < -0.39 is 11.8 Å². The number of carbonyl (C=O) groups is 1. The molecule has 1 aromatic rings. The molecule has 0 aliphatic carbocycles. The summed E-state index contributed by atoms with van der Waals surface area (Å²) < 4.78 is 18.6. The first-order valence-corrected chi connectivity index (χ1v) is 12.7. The fourth-order valence-corrected chi connectivity index (χ4v) is 4.01. The molecular weight excluding hydrogens is 377 g/mol. The quantitative estimate of drug-likeness (QED) is 0.169. The van der Waals surface area contributed by atoms with Crippen LogP contribution in [0, 0.1) is 5.82 Å². The summed E-state index contributed by atoms with van der Waals surface area (Å²) in [5.41, 5.74) is 0.746. The highest BCUT2D eigenvalue weighted by atomic mass is 19.1. The third kappa shape index (κ3) is 13.1. The van der Waals surface area contributed by atoms with Crippen LogP contribution in [0.2, 0.25) is 0 Å². The van der Waals surface area contributed by atoms with Gasteiger partial charge >= 0.3 is 5.97 Å². The summed E-state index contributed by atoms with van der Waals surface area (Å²) in [7, 11) is 0. The SMILES string of the molecule is CCCCCCCCCCCCCCCCCCCc1cc(F)c(C(=O)OCC)[nH]1. The number of aromatic amines is 1. The Hall–Kier alpha value is -1.32. The molecule has 0 spiro atoms. The van der Waals surface area contributed by atoms with E-state index in [9.17, 15) is 9.18 Å². The van der Waals surface area contributed by atoms with Crippen LogP contribution in [-0.2, 0) is 11.2 Å². The lowest BCUT2D eigenvalue weighted by Gasteiger charge is -2.04. The topological polar surface area (TPSA) is 42.1 Å². The Balaban J connectivity index is 1.87. The molecule has 1 N–H and O–H groups in total. The van der Waals surface area contributed by atoms with Crippen LogP contribution < -0.4 is 0 Å². The van der Waals surface area contributed by atoms with E-state index in [4.69, 9.17) is 4.74 Å². The van der Waals surface area contributed by atoms with Crippen LogP contribution in [0.15, 0.2) is 6.07 Å². The monoisotopic (exact) mass is 423 g/mol. The Kier molecular flexibility index (Phi) is 16.4. The maximum atomic E-state index is 13.8. The van der Waals surface area contributed by atoms with Crippen LogP contribution >= 0.6 is 0 Å². The molecule has 0 fully saturated rings. The molecule has 0 unspecified atom stereocenters. The van der Waals surface area contributed by atoms with E-state index in [1.807, 2.05) is 0 Å². The van der Waals surface area contributed by atoms with E-state index in [1.165, 1.54) is 102 Å². The number of aryl methyl sites for hydroxylation is 1. The number of hydrogen-bond donors (Lipinski definition) is 1. The summed E-state index contributed by atoms with van der Waals surface area (Å²) in [5.74, 6) is -1.11. The minimum Gasteiger partial charge on any atom is -0.461 e. The fourth-order valence-electron chi connectivity index (χ4n) is 4.01. The van der Waals surface area contributed by atoms with Crippen LogP contribution in [0.5, 0.6) is 0 Å². The van der Waals surface area contributed by atoms with Crippen molar-refractivity contribution in [1.29, 1.82) is 0 Å². The van der Waals surface area contributed by atoms with Crippen LogP contribution in [0.3, 0.4) is 0 Å². The van der Waals surface area contributed by atoms with E-state index >= 15 is 0 Å². The number of carbonyl (C=O) groups excluding carboxylic acids is 1. The third-order valence-electron chi connectivity index (χ3n) is 5.85. The highest BCUT2D eigenvalue weighted by Gasteiger charge is 2.16. The number of nitrogens with one attached hydrogen (secondary N) is 1. The summed E-state index contributed by atoms with van der Waals surface area (Å²) >= 11 is 0. The Morgan fingerprint density at radius 1 is 0.767 bits per heavy atom. The van der Waals surface area contributed by atoms with E-state index in [2.05, 4.69) is 11.9 Å². The highest BCUT2D eigenvalue weighted by molar-refractivity contribution is 5.87. The summed E-state index contributed by atoms with van der Waals surface area (Å²) in [6.45, 7) is 4.25. The molecule has 3 nitrogen and oxygen atoms in total. The summed E-state index contributed by atoms with van der Waals surface area (Å²) in [5, 5.41) is 0. The van der Waals surface area contributed by atoms with E-state index in [0.29, 0.717) is 0 Å². The summed E-state index contributed by atoms with van der Waals surface area (Å²) in [4.78, 5) is 14.5. The van der Waals surface area contributed by atoms with Crippen molar-refractivity contribution in [3.05, 3.63) is 23.3 Å². The minimum atomic E-state index is -0.608. The van der Waals surface area contributed by atoms with Crippen molar-refractivity contribution in [3.8, 4) is 0 Å². The Morgan fingerprint density at radius 2 is 1.20 bits per heavy atom. The van der Waals surface area contributed by atoms with Gasteiger partial charge in [0.2, 0.25) is 0 Å². The number of H-pyrrole nitrogens is 1. The molecule has 1 heterocycles. The molecule has 1 aromatic heterocycles. The average Bonchev–Trinajstić information content (AvgIpc) is 3.11. The number of unbranched alkanes of at least 4 members (excludes halogenated alkanes) is 16. The molecule has 0 radical (unpaired) electrons. The molecule has 0 aliphatic heterocycles. The summed E-state index contributed by atoms with van der Waals surface area (Å²) in [6, 6.07) is 1.43. The standard InChI is InChI=1S/C26H46FNO2/c1-3-5-6-7-8-9-10-11-12-13-14-15-16-17-18-19-20-21-23-22-24(27)25(28-23)26(29)30-4-2/h22,28H,3-21H2,1-2H3. The van der Waals surface area contributed by atoms with Gasteiger partial charge in [0.1, 0.15) is 0 Å². The zero-order chi connectivity index (χ0) is 21.9. The molecule has 1 rings (SSSR count). The molecule has 4 heteroatoms. The van der Waals surface area contributed by atoms with Crippen LogP contribution in [0.1, 0.15) is 139 Å². The van der Waals surface area contributed by atoms with Gasteiger partial charge in [-0.2, -0.15) is 0 Å². The molecule has 0 aliphatic rings. The molecule has 0 saturated carbocycles. The van der Waals surface area contributed by atoms with E-state index in [0.717, 1.165) is 25.0 Å². The lowest BCUT2D eigenvalue weighted by atomic mass is 10.0. The van der Waals surface area contributed by atoms with E-state index in [1.54, 1.807) is 6.92 Å². The number of halogens is 1. The van der Waals surface area contributed by atoms with Gasteiger partial charge in [0.15, 0.2) is 11.5 Å². The first-order valence-electron chi connectivity index (χ1n) is 12.7. The molecule has 30 heavy (non-hydrogen) atoms. The zero-order valence-electron chi connectivity index (χ0n) is 19.7. The van der Waals surface area contributed by atoms with Gasteiger partial charge in [0.25, 0.3) is 0 Å². The van der Waals surface area contributed by atoms with E-state index in [-0.39, 0.29) is 12.3 Å². The predicted octanol–water partition coefficient (Wildman–Crippen LogP) is 8.52. The number of ether oxygens (including phenoxy) is 1.